The topological polar surface area (TPSA) is 55.1 Å². The summed E-state index contributed by atoms with van der Waals surface area (Å²) in [5, 5.41) is 3.02. The van der Waals surface area contributed by atoms with Crippen molar-refractivity contribution >= 4 is 5.91 Å². The second kappa shape index (κ2) is 5.67. The van der Waals surface area contributed by atoms with Gasteiger partial charge in [0, 0.05) is 6.54 Å². The maximum atomic E-state index is 11.8. The fraction of sp³-hybridized carbons (Fsp3) is 0.923. The van der Waals surface area contributed by atoms with Crippen LogP contribution in [0, 0.1) is 11.3 Å². The Kier molecular flexibility index (Phi) is 4.78. The Morgan fingerprint density at radius 2 is 2.06 bits per heavy atom. The van der Waals surface area contributed by atoms with Crippen LogP contribution in [0.3, 0.4) is 0 Å². The molecule has 0 radical (unpaired) electrons. The van der Waals surface area contributed by atoms with Gasteiger partial charge in [0.25, 0.3) is 0 Å². The third-order valence-corrected chi connectivity index (χ3v) is 3.93. The van der Waals surface area contributed by atoms with E-state index in [0.29, 0.717) is 5.41 Å². The Morgan fingerprint density at radius 1 is 1.44 bits per heavy atom. The average Bonchev–Trinajstić information content (AvgIpc) is 3.05. The summed E-state index contributed by atoms with van der Waals surface area (Å²) in [6, 6.07) is -0.345. The highest BCUT2D eigenvalue weighted by Gasteiger charge is 2.41. The molecule has 3 N–H and O–H groups in total. The predicted molar refractivity (Wildman–Crippen MR) is 67.0 cm³/mol. The van der Waals surface area contributed by atoms with Crippen LogP contribution < -0.4 is 11.1 Å². The predicted octanol–water partition coefficient (Wildman–Crippen LogP) is 2.06. The molecule has 0 saturated heterocycles. The minimum absolute atomic E-state index is 0.0247. The number of hydrogen-bond donors (Lipinski definition) is 2. The van der Waals surface area contributed by atoms with Crippen LogP contribution in [0.15, 0.2) is 0 Å². The molecule has 0 aliphatic heterocycles. The molecule has 1 aliphatic rings. The third kappa shape index (κ3) is 3.48. The van der Waals surface area contributed by atoms with Crippen LogP contribution in [0.1, 0.15) is 52.9 Å². The molecule has 3 nitrogen and oxygen atoms in total. The number of rotatable bonds is 7. The van der Waals surface area contributed by atoms with Gasteiger partial charge in [0.1, 0.15) is 0 Å². The Morgan fingerprint density at radius 3 is 2.50 bits per heavy atom. The summed E-state index contributed by atoms with van der Waals surface area (Å²) in [6.07, 6.45) is 5.91. The number of carbonyl (C=O) groups excluding carboxylic acids is 1. The summed E-state index contributed by atoms with van der Waals surface area (Å²) in [7, 11) is 0. The molecule has 1 saturated carbocycles. The molecular formula is C13H26N2O. The monoisotopic (exact) mass is 226 g/mol. The van der Waals surface area contributed by atoms with Gasteiger partial charge < -0.3 is 11.1 Å². The van der Waals surface area contributed by atoms with E-state index in [2.05, 4.69) is 19.2 Å². The SMILES string of the molecule is CCCC1(CNC(=O)C(N)C(C)CC)CC1. The smallest absolute Gasteiger partial charge is 0.237 e. The van der Waals surface area contributed by atoms with E-state index in [1.807, 2.05) is 6.92 Å². The molecule has 1 rings (SSSR count). The molecule has 0 aromatic heterocycles. The van der Waals surface area contributed by atoms with Crippen LogP contribution in [0.5, 0.6) is 0 Å². The normalized spacial score (nSPS) is 21.2. The van der Waals surface area contributed by atoms with E-state index >= 15 is 0 Å². The molecule has 2 atom stereocenters. The van der Waals surface area contributed by atoms with Gasteiger partial charge in [0.15, 0.2) is 0 Å². The molecule has 0 spiro atoms. The second-order valence-electron chi connectivity index (χ2n) is 5.38. The lowest BCUT2D eigenvalue weighted by Crippen LogP contribution is -2.46. The summed E-state index contributed by atoms with van der Waals surface area (Å²) < 4.78 is 0. The van der Waals surface area contributed by atoms with Gasteiger partial charge in [-0.3, -0.25) is 4.79 Å². The van der Waals surface area contributed by atoms with Crippen molar-refractivity contribution in [3.8, 4) is 0 Å². The Bertz CT molecular complexity index is 236. The lowest BCUT2D eigenvalue weighted by Gasteiger charge is -2.20. The number of amides is 1. The van der Waals surface area contributed by atoms with Crippen molar-refractivity contribution in [3.63, 3.8) is 0 Å². The highest BCUT2D eigenvalue weighted by atomic mass is 16.2. The van der Waals surface area contributed by atoms with Crippen LogP contribution in [0.2, 0.25) is 0 Å². The van der Waals surface area contributed by atoms with Crippen molar-refractivity contribution in [2.45, 2.75) is 58.9 Å². The standard InChI is InChI=1S/C13H26N2O/c1-4-6-13(7-8-13)9-15-12(16)11(14)10(3)5-2/h10-11H,4-9,14H2,1-3H3,(H,15,16). The summed E-state index contributed by atoms with van der Waals surface area (Å²) in [5.74, 6) is 0.290. The molecule has 0 bridgehead atoms. The largest absolute Gasteiger partial charge is 0.354 e. The van der Waals surface area contributed by atoms with E-state index in [1.165, 1.54) is 25.7 Å². The third-order valence-electron chi connectivity index (χ3n) is 3.93. The molecule has 94 valence electrons. The van der Waals surface area contributed by atoms with Crippen molar-refractivity contribution in [2.75, 3.05) is 6.54 Å². The highest BCUT2D eigenvalue weighted by molar-refractivity contribution is 5.81. The molecule has 0 heterocycles. The highest BCUT2D eigenvalue weighted by Crippen LogP contribution is 2.48. The average molecular weight is 226 g/mol. The molecule has 2 unspecified atom stereocenters. The first kappa shape index (κ1) is 13.5. The maximum absolute atomic E-state index is 11.8. The lowest BCUT2D eigenvalue weighted by molar-refractivity contribution is -0.123. The molecule has 1 aliphatic carbocycles. The second-order valence-corrected chi connectivity index (χ2v) is 5.38. The number of nitrogens with two attached hydrogens (primary N) is 1. The summed E-state index contributed by atoms with van der Waals surface area (Å²) in [5.41, 5.74) is 6.30. The lowest BCUT2D eigenvalue weighted by atomic mass is 9.98. The molecule has 16 heavy (non-hydrogen) atoms. The number of carbonyl (C=O) groups is 1. The first-order valence-corrected chi connectivity index (χ1v) is 6.58. The van der Waals surface area contributed by atoms with Crippen molar-refractivity contribution in [2.24, 2.45) is 17.1 Å². The van der Waals surface area contributed by atoms with Crippen molar-refractivity contribution in [1.82, 2.24) is 5.32 Å². The van der Waals surface area contributed by atoms with Gasteiger partial charge in [0.05, 0.1) is 6.04 Å². The van der Waals surface area contributed by atoms with Gasteiger partial charge in [0.2, 0.25) is 5.91 Å². The maximum Gasteiger partial charge on any atom is 0.237 e. The summed E-state index contributed by atoms with van der Waals surface area (Å²) in [6.45, 7) is 7.12. The summed E-state index contributed by atoms with van der Waals surface area (Å²) >= 11 is 0. The van der Waals surface area contributed by atoms with Crippen LogP contribution in [-0.4, -0.2) is 18.5 Å². The van der Waals surface area contributed by atoms with Crippen LogP contribution in [0.4, 0.5) is 0 Å². The Hall–Kier alpha value is -0.570. The van der Waals surface area contributed by atoms with Crippen LogP contribution in [0.25, 0.3) is 0 Å². The molecular weight excluding hydrogens is 200 g/mol. The van der Waals surface area contributed by atoms with E-state index < -0.39 is 0 Å². The van der Waals surface area contributed by atoms with Gasteiger partial charge in [-0.05, 0) is 30.6 Å². The van der Waals surface area contributed by atoms with E-state index in [0.717, 1.165) is 13.0 Å². The van der Waals surface area contributed by atoms with Crippen molar-refractivity contribution < 1.29 is 4.79 Å². The van der Waals surface area contributed by atoms with E-state index in [4.69, 9.17) is 5.73 Å². The minimum atomic E-state index is -0.345. The van der Waals surface area contributed by atoms with Crippen LogP contribution in [-0.2, 0) is 4.79 Å². The van der Waals surface area contributed by atoms with E-state index in [-0.39, 0.29) is 17.9 Å². The molecule has 3 heteroatoms. The van der Waals surface area contributed by atoms with Gasteiger partial charge in [-0.15, -0.1) is 0 Å². The van der Waals surface area contributed by atoms with Crippen molar-refractivity contribution in [1.29, 1.82) is 0 Å². The van der Waals surface area contributed by atoms with Gasteiger partial charge >= 0.3 is 0 Å². The molecule has 1 amide bonds. The van der Waals surface area contributed by atoms with Gasteiger partial charge in [-0.1, -0.05) is 33.6 Å². The minimum Gasteiger partial charge on any atom is -0.354 e. The fourth-order valence-corrected chi connectivity index (χ4v) is 2.13. The van der Waals surface area contributed by atoms with E-state index in [9.17, 15) is 4.79 Å². The summed E-state index contributed by atoms with van der Waals surface area (Å²) in [4.78, 5) is 11.8. The number of hydrogen-bond acceptors (Lipinski definition) is 2. The first-order chi connectivity index (χ1) is 7.54. The fourth-order valence-electron chi connectivity index (χ4n) is 2.13. The van der Waals surface area contributed by atoms with Crippen molar-refractivity contribution in [3.05, 3.63) is 0 Å². The van der Waals surface area contributed by atoms with Gasteiger partial charge in [-0.25, -0.2) is 0 Å². The van der Waals surface area contributed by atoms with Gasteiger partial charge in [-0.2, -0.15) is 0 Å². The Balaban J connectivity index is 2.30. The molecule has 0 aromatic rings. The zero-order chi connectivity index (χ0) is 12.2. The first-order valence-electron chi connectivity index (χ1n) is 6.58. The van der Waals surface area contributed by atoms with Crippen LogP contribution >= 0.6 is 0 Å². The number of nitrogens with one attached hydrogen (secondary N) is 1. The molecule has 0 aromatic carbocycles. The zero-order valence-electron chi connectivity index (χ0n) is 10.9. The van der Waals surface area contributed by atoms with E-state index in [1.54, 1.807) is 0 Å². The molecule has 1 fully saturated rings. The zero-order valence-corrected chi connectivity index (χ0v) is 10.9. The quantitative estimate of drug-likeness (QED) is 0.698. The Labute approximate surface area is 99.2 Å².